The minimum absolute atomic E-state index is 0.0409. The highest BCUT2D eigenvalue weighted by atomic mass is 19.1. The van der Waals surface area contributed by atoms with E-state index in [9.17, 15) is 9.90 Å². The Hall–Kier alpha value is -2.56. The fraction of sp³-hybridized carbons (Fsp3) is 0.519. The van der Waals surface area contributed by atoms with E-state index in [1.165, 1.54) is 0 Å². The number of nitrogens with zero attached hydrogens (tertiary/aromatic N) is 1. The third-order valence-electron chi connectivity index (χ3n) is 8.21. The fourth-order valence-electron chi connectivity index (χ4n) is 6.30. The summed E-state index contributed by atoms with van der Waals surface area (Å²) < 4.78 is 21.2. The van der Waals surface area contributed by atoms with Crippen LogP contribution in [0.25, 0.3) is 0 Å². The zero-order valence-electron chi connectivity index (χ0n) is 18.9. The molecule has 5 heteroatoms. The Morgan fingerprint density at radius 3 is 2.56 bits per heavy atom. The number of anilines is 1. The number of carbonyl (C=O) groups is 1. The summed E-state index contributed by atoms with van der Waals surface area (Å²) in [6.45, 7) is 3.90. The molecule has 1 saturated carbocycles. The van der Waals surface area contributed by atoms with Gasteiger partial charge in [-0.1, -0.05) is 13.0 Å². The van der Waals surface area contributed by atoms with Gasteiger partial charge in [0.2, 0.25) is 0 Å². The van der Waals surface area contributed by atoms with Crippen molar-refractivity contribution in [2.24, 2.45) is 17.3 Å². The van der Waals surface area contributed by atoms with Crippen LogP contribution in [-0.2, 0) is 11.2 Å². The summed E-state index contributed by atoms with van der Waals surface area (Å²) in [6, 6.07) is 9.08. The van der Waals surface area contributed by atoms with Crippen molar-refractivity contribution in [1.82, 2.24) is 0 Å². The van der Waals surface area contributed by atoms with Crippen LogP contribution in [0.3, 0.4) is 0 Å². The summed E-state index contributed by atoms with van der Waals surface area (Å²) in [4.78, 5) is 13.2. The van der Waals surface area contributed by atoms with Crippen LogP contribution in [-0.4, -0.2) is 31.6 Å². The van der Waals surface area contributed by atoms with Crippen LogP contribution in [0.1, 0.15) is 61.6 Å². The van der Waals surface area contributed by atoms with Gasteiger partial charge in [0.15, 0.2) is 0 Å². The molecule has 0 amide bonds. The number of rotatable bonds is 4. The quantitative estimate of drug-likeness (QED) is 0.646. The molecule has 0 radical (unpaired) electrons. The maximum atomic E-state index is 15.4. The molecule has 2 fully saturated rings. The zero-order chi connectivity index (χ0) is 22.5. The Labute approximate surface area is 189 Å². The number of phenols is 1. The van der Waals surface area contributed by atoms with Crippen LogP contribution in [0, 0.1) is 23.1 Å². The Kier molecular flexibility index (Phi) is 5.39. The molecule has 0 unspecified atom stereocenters. The highest BCUT2D eigenvalue weighted by Gasteiger charge is 2.46. The predicted octanol–water partition coefficient (Wildman–Crippen LogP) is 5.45. The molecule has 170 valence electrons. The molecule has 3 aliphatic rings. The monoisotopic (exact) mass is 437 g/mol. The highest BCUT2D eigenvalue weighted by Crippen LogP contribution is 2.50. The number of ether oxygens (including phenoxy) is 1. The van der Waals surface area contributed by atoms with Crippen molar-refractivity contribution in [2.45, 2.75) is 51.4 Å². The molecular formula is C27H32FNO3. The van der Waals surface area contributed by atoms with E-state index in [4.69, 9.17) is 4.74 Å². The summed E-state index contributed by atoms with van der Waals surface area (Å²) in [5, 5.41) is 9.91. The molecule has 2 aliphatic carbocycles. The number of fused-ring (bicyclic) bond motifs is 1. The average molecular weight is 438 g/mol. The van der Waals surface area contributed by atoms with Gasteiger partial charge in [-0.15, -0.1) is 0 Å². The number of carbonyl (C=O) groups excluding carboxylic acids is 1. The SMILES string of the molecule is COc1cc(N2CC3(CCC(C=O)CC3)C2)c(F)cc1[C@H]1c2ccc(O)cc2CC[C@H]1C. The molecule has 1 spiro atoms. The van der Waals surface area contributed by atoms with Crippen molar-refractivity contribution < 1.29 is 19.0 Å². The molecule has 1 saturated heterocycles. The Balaban J connectivity index is 1.43. The first-order chi connectivity index (χ1) is 15.4. The number of halogens is 1. The van der Waals surface area contributed by atoms with Crippen molar-refractivity contribution >= 4 is 12.0 Å². The number of aldehydes is 1. The second-order valence-corrected chi connectivity index (χ2v) is 10.3. The number of phenolic OH excluding ortho intramolecular Hbond substituents is 1. The van der Waals surface area contributed by atoms with Crippen molar-refractivity contribution in [3.8, 4) is 11.5 Å². The van der Waals surface area contributed by atoms with Crippen LogP contribution in [0.15, 0.2) is 30.3 Å². The van der Waals surface area contributed by atoms with Crippen LogP contribution >= 0.6 is 0 Å². The number of benzene rings is 2. The summed E-state index contributed by atoms with van der Waals surface area (Å²) in [6.07, 6.45) is 7.01. The lowest BCUT2D eigenvalue weighted by atomic mass is 9.66. The Morgan fingerprint density at radius 1 is 1.12 bits per heavy atom. The van der Waals surface area contributed by atoms with Gasteiger partial charge in [-0.2, -0.15) is 0 Å². The van der Waals surface area contributed by atoms with E-state index in [0.717, 1.165) is 80.3 Å². The molecule has 1 heterocycles. The van der Waals surface area contributed by atoms with Crippen molar-refractivity contribution in [1.29, 1.82) is 0 Å². The Morgan fingerprint density at radius 2 is 1.88 bits per heavy atom. The van der Waals surface area contributed by atoms with Gasteiger partial charge in [-0.3, -0.25) is 0 Å². The Bertz CT molecular complexity index is 1020. The van der Waals surface area contributed by atoms with E-state index < -0.39 is 0 Å². The van der Waals surface area contributed by atoms with E-state index in [2.05, 4.69) is 11.8 Å². The normalized spacial score (nSPS) is 24.7. The van der Waals surface area contributed by atoms with Crippen LogP contribution in [0.5, 0.6) is 11.5 Å². The molecule has 2 aromatic carbocycles. The van der Waals surface area contributed by atoms with Gasteiger partial charge in [-0.05, 0) is 73.8 Å². The number of hydrogen-bond donors (Lipinski definition) is 1. The molecule has 0 bridgehead atoms. The summed E-state index contributed by atoms with van der Waals surface area (Å²) in [5.41, 5.74) is 4.02. The van der Waals surface area contributed by atoms with Gasteiger partial charge in [0.05, 0.1) is 12.8 Å². The van der Waals surface area contributed by atoms with E-state index in [0.29, 0.717) is 11.6 Å². The molecule has 1 N–H and O–H groups in total. The topological polar surface area (TPSA) is 49.8 Å². The zero-order valence-corrected chi connectivity index (χ0v) is 18.9. The van der Waals surface area contributed by atoms with Crippen molar-refractivity contribution in [2.75, 3.05) is 25.1 Å². The van der Waals surface area contributed by atoms with Gasteiger partial charge < -0.3 is 19.5 Å². The van der Waals surface area contributed by atoms with Gasteiger partial charge in [0.25, 0.3) is 0 Å². The predicted molar refractivity (Wildman–Crippen MR) is 123 cm³/mol. The molecule has 1 aliphatic heterocycles. The molecule has 2 aromatic rings. The summed E-state index contributed by atoms with van der Waals surface area (Å²) in [7, 11) is 1.66. The van der Waals surface area contributed by atoms with E-state index in [1.54, 1.807) is 19.2 Å². The summed E-state index contributed by atoms with van der Waals surface area (Å²) >= 11 is 0. The van der Waals surface area contributed by atoms with Gasteiger partial charge in [0, 0.05) is 42.0 Å². The smallest absolute Gasteiger partial charge is 0.147 e. The molecular weight excluding hydrogens is 405 g/mol. The lowest BCUT2D eigenvalue weighted by Crippen LogP contribution is -2.58. The van der Waals surface area contributed by atoms with E-state index in [1.807, 2.05) is 18.2 Å². The third kappa shape index (κ3) is 3.56. The van der Waals surface area contributed by atoms with Crippen LogP contribution in [0.4, 0.5) is 10.1 Å². The minimum Gasteiger partial charge on any atom is -0.508 e. The van der Waals surface area contributed by atoms with E-state index in [-0.39, 0.29) is 28.8 Å². The number of aromatic hydroxyl groups is 1. The molecule has 5 rings (SSSR count). The second-order valence-electron chi connectivity index (χ2n) is 10.3. The summed E-state index contributed by atoms with van der Waals surface area (Å²) in [5.74, 6) is 1.40. The first-order valence-electron chi connectivity index (χ1n) is 11.8. The first kappa shape index (κ1) is 21.3. The first-order valence-corrected chi connectivity index (χ1v) is 11.8. The standard InChI is InChI=1S/C27H32FNO3/c1-17-3-4-19-11-20(31)5-6-21(19)26(17)22-12-23(28)24(13-25(22)32-2)29-15-27(16-29)9-7-18(14-30)8-10-27/h5-6,11-14,17-18,26,31H,3-4,7-10,15-16H2,1-2H3/t17-,26-/m1/s1. The molecule has 32 heavy (non-hydrogen) atoms. The van der Waals surface area contributed by atoms with Crippen LogP contribution in [0.2, 0.25) is 0 Å². The average Bonchev–Trinajstić information content (AvgIpc) is 2.78. The molecule has 0 aromatic heterocycles. The largest absolute Gasteiger partial charge is 0.508 e. The maximum Gasteiger partial charge on any atom is 0.147 e. The maximum absolute atomic E-state index is 15.4. The van der Waals surface area contributed by atoms with Gasteiger partial charge in [-0.25, -0.2) is 4.39 Å². The lowest BCUT2D eigenvalue weighted by Gasteiger charge is -2.54. The fourth-order valence-corrected chi connectivity index (χ4v) is 6.30. The minimum atomic E-state index is -0.199. The molecule has 4 nitrogen and oxygen atoms in total. The van der Waals surface area contributed by atoms with Gasteiger partial charge >= 0.3 is 0 Å². The second kappa shape index (κ2) is 8.09. The van der Waals surface area contributed by atoms with Crippen LogP contribution < -0.4 is 9.64 Å². The van der Waals surface area contributed by atoms with Crippen molar-refractivity contribution in [3.63, 3.8) is 0 Å². The number of hydrogen-bond acceptors (Lipinski definition) is 4. The van der Waals surface area contributed by atoms with E-state index >= 15 is 4.39 Å². The van der Waals surface area contributed by atoms with Crippen molar-refractivity contribution in [3.05, 3.63) is 52.8 Å². The molecule has 2 atom stereocenters. The highest BCUT2D eigenvalue weighted by molar-refractivity contribution is 5.60. The van der Waals surface area contributed by atoms with Gasteiger partial charge in [0.1, 0.15) is 23.6 Å². The lowest BCUT2D eigenvalue weighted by molar-refractivity contribution is -0.112. The number of methoxy groups -OCH3 is 1. The number of aryl methyl sites for hydroxylation is 1. The third-order valence-corrected chi connectivity index (χ3v) is 8.21.